The van der Waals surface area contributed by atoms with Crippen LogP contribution in [0.2, 0.25) is 0 Å². The summed E-state index contributed by atoms with van der Waals surface area (Å²) in [5.74, 6) is 0.451. The number of likely N-dealkylation sites (N-methyl/N-ethyl adjacent to an activating group) is 1. The third kappa shape index (κ3) is 4.27. The molecule has 1 N–H and O–H groups in total. The first-order valence-corrected chi connectivity index (χ1v) is 6.54. The zero-order valence-corrected chi connectivity index (χ0v) is 11.2. The first-order chi connectivity index (χ1) is 8.18. The molecule has 0 heterocycles. The number of hydrogen-bond acceptors (Lipinski definition) is 4. The van der Waals surface area contributed by atoms with Crippen molar-refractivity contribution in [2.45, 2.75) is 45.3 Å². The van der Waals surface area contributed by atoms with E-state index in [4.69, 9.17) is 9.47 Å². The summed E-state index contributed by atoms with van der Waals surface area (Å²) >= 11 is 0. The lowest BCUT2D eigenvalue weighted by Crippen LogP contribution is -2.50. The van der Waals surface area contributed by atoms with Crippen molar-refractivity contribution < 1.29 is 9.47 Å². The van der Waals surface area contributed by atoms with Crippen LogP contribution in [0.3, 0.4) is 0 Å². The molecule has 4 heteroatoms. The fourth-order valence-electron chi connectivity index (χ4n) is 1.97. The van der Waals surface area contributed by atoms with Gasteiger partial charge in [0.2, 0.25) is 0 Å². The third-order valence-corrected chi connectivity index (χ3v) is 3.12. The van der Waals surface area contributed by atoms with Gasteiger partial charge in [-0.2, -0.15) is 5.26 Å². The molecule has 0 bridgehead atoms. The van der Waals surface area contributed by atoms with E-state index in [2.05, 4.69) is 11.4 Å². The third-order valence-electron chi connectivity index (χ3n) is 3.12. The highest BCUT2D eigenvalue weighted by atomic mass is 16.5. The first-order valence-electron chi connectivity index (χ1n) is 6.54. The van der Waals surface area contributed by atoms with E-state index >= 15 is 0 Å². The normalized spacial score (nSPS) is 20.6. The summed E-state index contributed by atoms with van der Waals surface area (Å²) in [6, 6.07) is 2.41. The highest BCUT2D eigenvalue weighted by Gasteiger charge is 2.45. The van der Waals surface area contributed by atoms with Gasteiger partial charge in [-0.05, 0) is 39.2 Å². The number of nitrogens with zero attached hydrogens (tertiary/aromatic N) is 1. The van der Waals surface area contributed by atoms with Crippen LogP contribution in [0.1, 0.15) is 33.6 Å². The molecule has 1 rings (SSSR count). The second kappa shape index (κ2) is 6.95. The average molecular weight is 240 g/mol. The predicted molar refractivity (Wildman–Crippen MR) is 66.7 cm³/mol. The molecule has 1 fully saturated rings. The second-order valence-electron chi connectivity index (χ2n) is 4.67. The average Bonchev–Trinajstić information content (AvgIpc) is 3.16. The first kappa shape index (κ1) is 14.4. The van der Waals surface area contributed by atoms with E-state index in [9.17, 15) is 5.26 Å². The summed E-state index contributed by atoms with van der Waals surface area (Å²) in [7, 11) is 0. The molecule has 17 heavy (non-hydrogen) atoms. The van der Waals surface area contributed by atoms with Crippen molar-refractivity contribution in [3.05, 3.63) is 0 Å². The van der Waals surface area contributed by atoms with E-state index in [-0.39, 0.29) is 6.10 Å². The monoisotopic (exact) mass is 240 g/mol. The lowest BCUT2D eigenvalue weighted by molar-refractivity contribution is -0.0230. The molecule has 0 radical (unpaired) electrons. The van der Waals surface area contributed by atoms with Crippen molar-refractivity contribution in [1.82, 2.24) is 5.32 Å². The number of nitrogens with one attached hydrogen (secondary N) is 1. The Kier molecular flexibility index (Phi) is 5.90. The molecule has 4 nitrogen and oxygen atoms in total. The van der Waals surface area contributed by atoms with Crippen molar-refractivity contribution in [3.8, 4) is 6.07 Å². The smallest absolute Gasteiger partial charge is 0.133 e. The van der Waals surface area contributed by atoms with Crippen LogP contribution in [0.25, 0.3) is 0 Å². The van der Waals surface area contributed by atoms with Crippen molar-refractivity contribution in [2.75, 3.05) is 26.4 Å². The molecule has 2 atom stereocenters. The summed E-state index contributed by atoms with van der Waals surface area (Å²) in [6.45, 7) is 8.52. The van der Waals surface area contributed by atoms with Gasteiger partial charge in [0.1, 0.15) is 5.54 Å². The van der Waals surface area contributed by atoms with Gasteiger partial charge in [0.25, 0.3) is 0 Å². The van der Waals surface area contributed by atoms with Gasteiger partial charge in [0.05, 0.1) is 25.4 Å². The number of nitriles is 1. The fraction of sp³-hybridized carbons (Fsp3) is 0.923. The molecule has 0 spiro atoms. The van der Waals surface area contributed by atoms with Crippen molar-refractivity contribution in [2.24, 2.45) is 5.92 Å². The van der Waals surface area contributed by atoms with Gasteiger partial charge in [-0.1, -0.05) is 6.92 Å². The maximum absolute atomic E-state index is 9.38. The number of rotatable bonds is 9. The molecule has 0 aromatic rings. The summed E-state index contributed by atoms with van der Waals surface area (Å²) in [6.07, 6.45) is 2.30. The molecular weight excluding hydrogens is 216 g/mol. The summed E-state index contributed by atoms with van der Waals surface area (Å²) in [4.78, 5) is 0. The van der Waals surface area contributed by atoms with Gasteiger partial charge in [0.15, 0.2) is 0 Å². The van der Waals surface area contributed by atoms with E-state index in [0.717, 1.165) is 19.4 Å². The van der Waals surface area contributed by atoms with Crippen LogP contribution in [0, 0.1) is 17.2 Å². The molecule has 0 amide bonds. The molecule has 0 saturated heterocycles. The number of hydrogen-bond donors (Lipinski definition) is 1. The molecule has 0 aromatic carbocycles. The maximum atomic E-state index is 9.38. The quantitative estimate of drug-likeness (QED) is 0.666. The zero-order valence-electron chi connectivity index (χ0n) is 11.2. The van der Waals surface area contributed by atoms with Crippen LogP contribution in [0.4, 0.5) is 0 Å². The molecule has 2 unspecified atom stereocenters. The van der Waals surface area contributed by atoms with Crippen LogP contribution < -0.4 is 5.32 Å². The molecule has 0 aliphatic heterocycles. The van der Waals surface area contributed by atoms with Gasteiger partial charge >= 0.3 is 0 Å². The zero-order chi connectivity index (χ0) is 12.7. The number of ether oxygens (including phenoxy) is 2. The fourth-order valence-corrected chi connectivity index (χ4v) is 1.97. The van der Waals surface area contributed by atoms with E-state index in [0.29, 0.717) is 25.7 Å². The highest BCUT2D eigenvalue weighted by molar-refractivity contribution is 5.15. The Morgan fingerprint density at radius 2 is 2.18 bits per heavy atom. The van der Waals surface area contributed by atoms with Crippen LogP contribution in [-0.2, 0) is 9.47 Å². The molecule has 1 saturated carbocycles. The highest BCUT2D eigenvalue weighted by Crippen LogP contribution is 2.39. The van der Waals surface area contributed by atoms with E-state index in [1.165, 1.54) is 0 Å². The minimum atomic E-state index is -0.491. The minimum absolute atomic E-state index is 0.0417. The van der Waals surface area contributed by atoms with E-state index < -0.39 is 5.54 Å². The molecule has 1 aliphatic rings. The Balaban J connectivity index is 2.41. The lowest BCUT2D eigenvalue weighted by atomic mass is 9.96. The minimum Gasteiger partial charge on any atom is -0.379 e. The van der Waals surface area contributed by atoms with Gasteiger partial charge in [-0.25, -0.2) is 0 Å². The van der Waals surface area contributed by atoms with Crippen molar-refractivity contribution in [1.29, 1.82) is 5.26 Å². The Morgan fingerprint density at radius 1 is 1.47 bits per heavy atom. The Labute approximate surface area is 104 Å². The summed E-state index contributed by atoms with van der Waals surface area (Å²) in [5, 5.41) is 12.7. The second-order valence-corrected chi connectivity index (χ2v) is 4.67. The molecule has 0 aromatic heterocycles. The Bertz CT molecular complexity index is 261. The van der Waals surface area contributed by atoms with E-state index in [1.54, 1.807) is 0 Å². The SMILES string of the molecule is CCNC(C#N)(COC(C)COCC)C1CC1. The largest absolute Gasteiger partial charge is 0.379 e. The van der Waals surface area contributed by atoms with Crippen LogP contribution in [0.15, 0.2) is 0 Å². The van der Waals surface area contributed by atoms with Gasteiger partial charge in [0, 0.05) is 6.61 Å². The maximum Gasteiger partial charge on any atom is 0.133 e. The molecular formula is C13H24N2O2. The van der Waals surface area contributed by atoms with Gasteiger partial charge in [-0.15, -0.1) is 0 Å². The summed E-state index contributed by atoms with van der Waals surface area (Å²) in [5.41, 5.74) is -0.491. The Morgan fingerprint density at radius 3 is 2.65 bits per heavy atom. The lowest BCUT2D eigenvalue weighted by Gasteiger charge is -2.28. The topological polar surface area (TPSA) is 54.3 Å². The van der Waals surface area contributed by atoms with Crippen molar-refractivity contribution >= 4 is 0 Å². The Hall–Kier alpha value is -0.630. The van der Waals surface area contributed by atoms with Crippen LogP contribution in [0.5, 0.6) is 0 Å². The van der Waals surface area contributed by atoms with Gasteiger partial charge in [-0.3, -0.25) is 5.32 Å². The molecule has 98 valence electrons. The standard InChI is InChI=1S/C13H24N2O2/c1-4-15-13(9-14,12-6-7-12)10-17-11(3)8-16-5-2/h11-12,15H,4-8,10H2,1-3H3. The van der Waals surface area contributed by atoms with Crippen molar-refractivity contribution in [3.63, 3.8) is 0 Å². The van der Waals surface area contributed by atoms with Gasteiger partial charge < -0.3 is 9.47 Å². The van der Waals surface area contributed by atoms with E-state index in [1.807, 2.05) is 20.8 Å². The van der Waals surface area contributed by atoms with Crippen LogP contribution in [-0.4, -0.2) is 38.0 Å². The molecule has 1 aliphatic carbocycles. The van der Waals surface area contributed by atoms with Crippen LogP contribution >= 0.6 is 0 Å². The summed E-state index contributed by atoms with van der Waals surface area (Å²) < 4.78 is 11.0. The predicted octanol–water partition coefficient (Wildman–Crippen LogP) is 1.71.